The summed E-state index contributed by atoms with van der Waals surface area (Å²) in [6.45, 7) is 12.4. The second-order valence-electron chi connectivity index (χ2n) is 5.96. The summed E-state index contributed by atoms with van der Waals surface area (Å²) < 4.78 is 0. The van der Waals surface area contributed by atoms with Crippen LogP contribution in [-0.2, 0) is 6.42 Å². The molecule has 1 aliphatic heterocycles. The van der Waals surface area contributed by atoms with Crippen molar-refractivity contribution in [3.8, 4) is 0 Å². The molecule has 3 nitrogen and oxygen atoms in total. The molecule has 2 atom stereocenters. The summed E-state index contributed by atoms with van der Waals surface area (Å²) >= 11 is 1.80. The van der Waals surface area contributed by atoms with Crippen molar-refractivity contribution in [2.45, 2.75) is 58.5 Å². The molecule has 1 saturated heterocycles. The third kappa shape index (κ3) is 3.77. The number of piperazine rings is 1. The SMILES string of the molecule is CCC1CNC(C)(CC)CN1CCc1nc(C)cs1. The van der Waals surface area contributed by atoms with Crippen molar-refractivity contribution in [1.82, 2.24) is 15.2 Å². The highest BCUT2D eigenvalue weighted by Gasteiger charge is 2.33. The minimum absolute atomic E-state index is 0.282. The normalized spacial score (nSPS) is 28.7. The van der Waals surface area contributed by atoms with Crippen LogP contribution in [0.4, 0.5) is 0 Å². The van der Waals surface area contributed by atoms with Crippen LogP contribution in [0.25, 0.3) is 0 Å². The van der Waals surface area contributed by atoms with Gasteiger partial charge in [0.2, 0.25) is 0 Å². The topological polar surface area (TPSA) is 28.2 Å². The first kappa shape index (κ1) is 14.9. The molecule has 2 rings (SSSR count). The predicted octanol–water partition coefficient (Wildman–Crippen LogP) is 2.85. The Balaban J connectivity index is 1.94. The molecule has 0 saturated carbocycles. The lowest BCUT2D eigenvalue weighted by Gasteiger charge is -2.46. The van der Waals surface area contributed by atoms with E-state index in [1.165, 1.54) is 17.8 Å². The van der Waals surface area contributed by atoms with Crippen LogP contribution in [0.1, 0.15) is 44.3 Å². The van der Waals surface area contributed by atoms with Crippen LogP contribution in [0.3, 0.4) is 0 Å². The maximum Gasteiger partial charge on any atom is 0.0940 e. The number of rotatable bonds is 5. The zero-order valence-electron chi connectivity index (χ0n) is 12.7. The van der Waals surface area contributed by atoms with Gasteiger partial charge in [0.1, 0.15) is 0 Å². The molecule has 2 unspecified atom stereocenters. The van der Waals surface area contributed by atoms with Crippen molar-refractivity contribution in [3.05, 3.63) is 16.1 Å². The van der Waals surface area contributed by atoms with Crippen LogP contribution < -0.4 is 5.32 Å². The highest BCUT2D eigenvalue weighted by molar-refractivity contribution is 7.09. The Labute approximate surface area is 121 Å². The van der Waals surface area contributed by atoms with E-state index in [9.17, 15) is 0 Å². The van der Waals surface area contributed by atoms with Crippen molar-refractivity contribution in [2.75, 3.05) is 19.6 Å². The summed E-state index contributed by atoms with van der Waals surface area (Å²) in [5.74, 6) is 0. The lowest BCUT2D eigenvalue weighted by molar-refractivity contribution is 0.0832. The van der Waals surface area contributed by atoms with Gasteiger partial charge in [-0.15, -0.1) is 11.3 Å². The predicted molar refractivity (Wildman–Crippen MR) is 82.9 cm³/mol. The molecule has 108 valence electrons. The fourth-order valence-corrected chi connectivity index (χ4v) is 3.55. The van der Waals surface area contributed by atoms with Gasteiger partial charge in [-0.2, -0.15) is 0 Å². The van der Waals surface area contributed by atoms with Gasteiger partial charge in [-0.3, -0.25) is 4.90 Å². The summed E-state index contributed by atoms with van der Waals surface area (Å²) in [5.41, 5.74) is 1.44. The summed E-state index contributed by atoms with van der Waals surface area (Å²) in [7, 11) is 0. The molecule has 0 radical (unpaired) electrons. The Kier molecular flexibility index (Phi) is 4.98. The maximum atomic E-state index is 4.58. The summed E-state index contributed by atoms with van der Waals surface area (Å²) in [4.78, 5) is 7.24. The van der Waals surface area contributed by atoms with Crippen molar-refractivity contribution in [3.63, 3.8) is 0 Å². The number of aryl methyl sites for hydroxylation is 1. The average Bonchev–Trinajstić information content (AvgIpc) is 2.82. The van der Waals surface area contributed by atoms with Crippen LogP contribution in [0.15, 0.2) is 5.38 Å². The number of nitrogens with zero attached hydrogens (tertiary/aromatic N) is 2. The van der Waals surface area contributed by atoms with Gasteiger partial charge in [-0.05, 0) is 26.7 Å². The molecule has 0 bridgehead atoms. The van der Waals surface area contributed by atoms with E-state index in [2.05, 4.69) is 48.3 Å². The van der Waals surface area contributed by atoms with Crippen LogP contribution >= 0.6 is 11.3 Å². The monoisotopic (exact) mass is 281 g/mol. The quantitative estimate of drug-likeness (QED) is 0.899. The zero-order valence-corrected chi connectivity index (χ0v) is 13.5. The molecule has 0 spiro atoms. The van der Waals surface area contributed by atoms with Crippen molar-refractivity contribution >= 4 is 11.3 Å². The Morgan fingerprint density at radius 2 is 2.32 bits per heavy atom. The Morgan fingerprint density at radius 1 is 1.53 bits per heavy atom. The van der Waals surface area contributed by atoms with Gasteiger partial charge in [-0.25, -0.2) is 4.98 Å². The van der Waals surface area contributed by atoms with Crippen molar-refractivity contribution in [1.29, 1.82) is 0 Å². The van der Waals surface area contributed by atoms with E-state index in [1.54, 1.807) is 11.3 Å². The molecule has 1 aromatic rings. The molecule has 1 aliphatic rings. The molecular weight excluding hydrogens is 254 g/mol. The third-order valence-corrected chi connectivity index (χ3v) is 5.39. The molecule has 4 heteroatoms. The molecule has 19 heavy (non-hydrogen) atoms. The van der Waals surface area contributed by atoms with Gasteiger partial charge in [0.25, 0.3) is 0 Å². The lowest BCUT2D eigenvalue weighted by atomic mass is 9.92. The highest BCUT2D eigenvalue weighted by atomic mass is 32.1. The Bertz CT molecular complexity index is 404. The van der Waals surface area contributed by atoms with E-state index in [1.807, 2.05) is 0 Å². The Morgan fingerprint density at radius 3 is 2.89 bits per heavy atom. The fourth-order valence-electron chi connectivity index (χ4n) is 2.78. The standard InChI is InChI=1S/C15H27N3S/c1-5-13-9-16-15(4,6-2)11-18(13)8-7-14-17-12(3)10-19-14/h10,13,16H,5-9,11H2,1-4H3. The van der Waals surface area contributed by atoms with Crippen LogP contribution in [0.2, 0.25) is 0 Å². The molecular formula is C15H27N3S. The highest BCUT2D eigenvalue weighted by Crippen LogP contribution is 2.21. The summed E-state index contributed by atoms with van der Waals surface area (Å²) in [6.07, 6.45) is 3.51. The first-order valence-electron chi connectivity index (χ1n) is 7.46. The number of hydrogen-bond acceptors (Lipinski definition) is 4. The number of hydrogen-bond donors (Lipinski definition) is 1. The number of thiazole rings is 1. The second-order valence-corrected chi connectivity index (χ2v) is 6.90. The van der Waals surface area contributed by atoms with Crippen LogP contribution in [0, 0.1) is 6.92 Å². The first-order valence-corrected chi connectivity index (χ1v) is 8.34. The van der Waals surface area contributed by atoms with E-state index in [-0.39, 0.29) is 5.54 Å². The van der Waals surface area contributed by atoms with E-state index in [0.717, 1.165) is 31.7 Å². The number of aromatic nitrogens is 1. The number of nitrogens with one attached hydrogen (secondary N) is 1. The van der Waals surface area contributed by atoms with Gasteiger partial charge in [0.05, 0.1) is 5.01 Å². The van der Waals surface area contributed by atoms with E-state index in [4.69, 9.17) is 0 Å². The molecule has 0 aromatic carbocycles. The van der Waals surface area contributed by atoms with Gasteiger partial charge in [0.15, 0.2) is 0 Å². The third-order valence-electron chi connectivity index (χ3n) is 4.36. The maximum absolute atomic E-state index is 4.58. The van der Waals surface area contributed by atoms with Crippen molar-refractivity contribution < 1.29 is 0 Å². The minimum atomic E-state index is 0.282. The molecule has 0 aliphatic carbocycles. The van der Waals surface area contributed by atoms with Crippen LogP contribution in [-0.4, -0.2) is 41.1 Å². The largest absolute Gasteiger partial charge is 0.309 e. The minimum Gasteiger partial charge on any atom is -0.309 e. The molecule has 2 heterocycles. The van der Waals surface area contributed by atoms with Gasteiger partial charge in [-0.1, -0.05) is 13.8 Å². The summed E-state index contributed by atoms with van der Waals surface area (Å²) in [6, 6.07) is 0.681. The molecule has 1 N–H and O–H groups in total. The van der Waals surface area contributed by atoms with E-state index < -0.39 is 0 Å². The summed E-state index contributed by atoms with van der Waals surface area (Å²) in [5, 5.41) is 7.16. The van der Waals surface area contributed by atoms with Gasteiger partial charge < -0.3 is 5.32 Å². The molecule has 1 aromatic heterocycles. The smallest absolute Gasteiger partial charge is 0.0940 e. The van der Waals surface area contributed by atoms with E-state index in [0.29, 0.717) is 6.04 Å². The van der Waals surface area contributed by atoms with E-state index >= 15 is 0 Å². The Hall–Kier alpha value is -0.450. The zero-order chi connectivity index (χ0) is 13.9. The van der Waals surface area contributed by atoms with Crippen LogP contribution in [0.5, 0.6) is 0 Å². The average molecular weight is 281 g/mol. The lowest BCUT2D eigenvalue weighted by Crippen LogP contribution is -2.62. The second kappa shape index (κ2) is 6.33. The van der Waals surface area contributed by atoms with Gasteiger partial charge >= 0.3 is 0 Å². The molecule has 1 fully saturated rings. The van der Waals surface area contributed by atoms with Gasteiger partial charge in [0, 0.05) is 48.7 Å². The fraction of sp³-hybridized carbons (Fsp3) is 0.800. The first-order chi connectivity index (χ1) is 9.06. The van der Waals surface area contributed by atoms with Crippen molar-refractivity contribution in [2.24, 2.45) is 0 Å². The molecule has 0 amide bonds.